The minimum atomic E-state index is -0.0986. The summed E-state index contributed by atoms with van der Waals surface area (Å²) in [5.74, 6) is 0. The molecule has 0 amide bonds. The van der Waals surface area contributed by atoms with Crippen molar-refractivity contribution in [2.45, 2.75) is 13.0 Å². The molecular formula is C11H13IO3. The van der Waals surface area contributed by atoms with Crippen molar-refractivity contribution in [1.82, 2.24) is 0 Å². The van der Waals surface area contributed by atoms with E-state index in [9.17, 15) is 4.79 Å². The van der Waals surface area contributed by atoms with E-state index in [1.54, 1.807) is 12.1 Å². The van der Waals surface area contributed by atoms with Crippen LogP contribution in [-0.2, 0) is 17.8 Å². The van der Waals surface area contributed by atoms with Crippen LogP contribution in [0.3, 0.4) is 0 Å². The average molecular weight is 320 g/mol. The van der Waals surface area contributed by atoms with Crippen LogP contribution in [0.15, 0.2) is 18.2 Å². The number of halogens is 1. The third-order valence-corrected chi connectivity index (χ3v) is 2.56. The number of benzene rings is 1. The monoisotopic (exact) mass is 320 g/mol. The molecule has 4 heteroatoms. The van der Waals surface area contributed by atoms with Crippen LogP contribution in [0.1, 0.15) is 21.5 Å². The molecule has 1 aromatic carbocycles. The van der Waals surface area contributed by atoms with Crippen LogP contribution >= 0.6 is 22.6 Å². The molecule has 0 aromatic heterocycles. The van der Waals surface area contributed by atoms with Gasteiger partial charge >= 0.3 is 0 Å². The lowest BCUT2D eigenvalue weighted by Gasteiger charge is -2.05. The summed E-state index contributed by atoms with van der Waals surface area (Å²) < 4.78 is 5.89. The van der Waals surface area contributed by atoms with E-state index in [1.165, 1.54) is 0 Å². The highest BCUT2D eigenvalue weighted by molar-refractivity contribution is 14.1. The van der Waals surface area contributed by atoms with Crippen LogP contribution in [0.4, 0.5) is 0 Å². The molecule has 3 nitrogen and oxygen atoms in total. The molecule has 0 atom stereocenters. The molecule has 0 aliphatic carbocycles. The van der Waals surface area contributed by atoms with Gasteiger partial charge < -0.3 is 9.84 Å². The van der Waals surface area contributed by atoms with Crippen molar-refractivity contribution in [3.05, 3.63) is 34.9 Å². The fourth-order valence-corrected chi connectivity index (χ4v) is 1.61. The van der Waals surface area contributed by atoms with Gasteiger partial charge in [0.15, 0.2) is 0 Å². The summed E-state index contributed by atoms with van der Waals surface area (Å²) in [6, 6.07) is 5.49. The van der Waals surface area contributed by atoms with Crippen LogP contribution in [0, 0.1) is 0 Å². The highest BCUT2D eigenvalue weighted by Crippen LogP contribution is 2.11. The van der Waals surface area contributed by atoms with Gasteiger partial charge in [-0.2, -0.15) is 0 Å². The number of rotatable bonds is 6. The minimum absolute atomic E-state index is 0.0986. The van der Waals surface area contributed by atoms with Crippen molar-refractivity contribution in [1.29, 1.82) is 0 Å². The molecule has 0 saturated carbocycles. The molecule has 0 spiro atoms. The summed E-state index contributed by atoms with van der Waals surface area (Å²) >= 11 is 2.14. The van der Waals surface area contributed by atoms with Crippen molar-refractivity contribution >= 4 is 28.9 Å². The van der Waals surface area contributed by atoms with Crippen LogP contribution in [0.5, 0.6) is 0 Å². The molecule has 82 valence electrons. The predicted octanol–water partition coefficient (Wildman–Crippen LogP) is 1.94. The highest BCUT2D eigenvalue weighted by Gasteiger charge is 2.02. The first-order valence-electron chi connectivity index (χ1n) is 4.63. The van der Waals surface area contributed by atoms with Gasteiger partial charge in [-0.05, 0) is 23.6 Å². The molecule has 0 aliphatic heterocycles. The van der Waals surface area contributed by atoms with E-state index in [2.05, 4.69) is 22.6 Å². The number of carbonyl (C=O) groups is 1. The van der Waals surface area contributed by atoms with E-state index < -0.39 is 0 Å². The van der Waals surface area contributed by atoms with E-state index in [-0.39, 0.29) is 6.61 Å². The van der Waals surface area contributed by atoms with E-state index in [0.29, 0.717) is 22.3 Å². The second kappa shape index (κ2) is 6.92. The SMILES string of the molecule is O=Cc1cc(CCOCI)ccc1CO. The van der Waals surface area contributed by atoms with Crippen LogP contribution in [0.25, 0.3) is 0 Å². The van der Waals surface area contributed by atoms with Gasteiger partial charge in [0.25, 0.3) is 0 Å². The number of ether oxygens (including phenoxy) is 1. The second-order valence-corrected chi connectivity index (χ2v) is 3.70. The molecule has 1 N–H and O–H groups in total. The maximum atomic E-state index is 10.7. The molecule has 15 heavy (non-hydrogen) atoms. The Morgan fingerprint density at radius 1 is 1.47 bits per heavy atom. The topological polar surface area (TPSA) is 46.5 Å². The lowest BCUT2D eigenvalue weighted by molar-refractivity contribution is 0.112. The normalized spacial score (nSPS) is 10.3. The summed E-state index contributed by atoms with van der Waals surface area (Å²) in [5.41, 5.74) is 2.28. The van der Waals surface area contributed by atoms with Gasteiger partial charge in [-0.15, -0.1) is 0 Å². The van der Waals surface area contributed by atoms with Gasteiger partial charge in [0.2, 0.25) is 0 Å². The standard InChI is InChI=1S/C11H13IO3/c12-8-15-4-3-9-1-2-10(6-13)11(5-9)7-14/h1-2,5,7,13H,3-4,6,8H2. The Morgan fingerprint density at radius 2 is 2.27 bits per heavy atom. The smallest absolute Gasteiger partial charge is 0.150 e. The maximum absolute atomic E-state index is 10.7. The zero-order valence-corrected chi connectivity index (χ0v) is 10.4. The molecule has 0 heterocycles. The lowest BCUT2D eigenvalue weighted by Crippen LogP contribution is -1.99. The van der Waals surface area contributed by atoms with Crippen molar-refractivity contribution < 1.29 is 14.6 Å². The zero-order chi connectivity index (χ0) is 11.1. The fraction of sp³-hybridized carbons (Fsp3) is 0.364. The van der Waals surface area contributed by atoms with Crippen molar-refractivity contribution in [3.63, 3.8) is 0 Å². The number of aldehydes is 1. The molecule has 0 unspecified atom stereocenters. The number of hydrogen-bond acceptors (Lipinski definition) is 3. The highest BCUT2D eigenvalue weighted by atomic mass is 127. The summed E-state index contributed by atoms with van der Waals surface area (Å²) in [4.78, 5) is 10.7. The second-order valence-electron chi connectivity index (χ2n) is 3.08. The van der Waals surface area contributed by atoms with Crippen molar-refractivity contribution in [2.24, 2.45) is 0 Å². The van der Waals surface area contributed by atoms with Crippen molar-refractivity contribution in [2.75, 3.05) is 11.2 Å². The summed E-state index contributed by atoms with van der Waals surface area (Å²) in [6.07, 6.45) is 1.56. The van der Waals surface area contributed by atoms with Gasteiger partial charge in [0, 0.05) is 5.56 Å². The Kier molecular flexibility index (Phi) is 5.82. The molecule has 1 aromatic rings. The number of aliphatic hydroxyl groups is 1. The third kappa shape index (κ3) is 3.89. The van der Waals surface area contributed by atoms with E-state index >= 15 is 0 Å². The van der Waals surface area contributed by atoms with E-state index in [0.717, 1.165) is 18.3 Å². The average Bonchev–Trinajstić information content (AvgIpc) is 2.29. The van der Waals surface area contributed by atoms with Gasteiger partial charge in [0.05, 0.1) is 17.8 Å². The molecule has 1 rings (SSSR count). The number of alkyl halides is 1. The number of aliphatic hydroxyl groups excluding tert-OH is 1. The number of hydrogen-bond donors (Lipinski definition) is 1. The Bertz CT molecular complexity index is 326. The molecular weight excluding hydrogens is 307 g/mol. The quantitative estimate of drug-likeness (QED) is 0.377. The summed E-state index contributed by atoms with van der Waals surface area (Å²) in [7, 11) is 0. The van der Waals surface area contributed by atoms with E-state index in [1.807, 2.05) is 6.07 Å². The molecule has 0 radical (unpaired) electrons. The minimum Gasteiger partial charge on any atom is -0.392 e. The molecule has 0 fully saturated rings. The fourth-order valence-electron chi connectivity index (χ4n) is 1.30. The molecule has 0 aliphatic rings. The summed E-state index contributed by atoms with van der Waals surface area (Å²) in [6.45, 7) is 0.554. The first-order chi connectivity index (χ1) is 7.31. The van der Waals surface area contributed by atoms with Gasteiger partial charge in [0.1, 0.15) is 6.29 Å². The first kappa shape index (κ1) is 12.6. The van der Waals surface area contributed by atoms with Crippen LogP contribution < -0.4 is 0 Å². The zero-order valence-electron chi connectivity index (χ0n) is 8.28. The largest absolute Gasteiger partial charge is 0.392 e. The third-order valence-electron chi connectivity index (χ3n) is 2.12. The Hall–Kier alpha value is -0.460. The van der Waals surface area contributed by atoms with Crippen LogP contribution in [0.2, 0.25) is 0 Å². The lowest BCUT2D eigenvalue weighted by atomic mass is 10.0. The van der Waals surface area contributed by atoms with E-state index in [4.69, 9.17) is 9.84 Å². The van der Waals surface area contributed by atoms with Gasteiger partial charge in [-0.3, -0.25) is 4.79 Å². The number of carbonyl (C=O) groups excluding carboxylic acids is 1. The Morgan fingerprint density at radius 3 is 2.87 bits per heavy atom. The van der Waals surface area contributed by atoms with Gasteiger partial charge in [-0.25, -0.2) is 0 Å². The van der Waals surface area contributed by atoms with Gasteiger partial charge in [-0.1, -0.05) is 34.7 Å². The first-order valence-corrected chi connectivity index (χ1v) is 6.16. The van der Waals surface area contributed by atoms with Crippen molar-refractivity contribution in [3.8, 4) is 0 Å². The summed E-state index contributed by atoms with van der Waals surface area (Å²) in [5, 5.41) is 8.97. The molecule has 0 saturated heterocycles. The Balaban J connectivity index is 2.70. The predicted molar refractivity (Wildman–Crippen MR) is 66.3 cm³/mol. The Labute approximate surface area is 103 Å². The maximum Gasteiger partial charge on any atom is 0.150 e. The molecule has 0 bridgehead atoms. The van der Waals surface area contributed by atoms with Crippen LogP contribution in [-0.4, -0.2) is 22.6 Å².